The van der Waals surface area contributed by atoms with Crippen LogP contribution in [0, 0.1) is 17.3 Å². The van der Waals surface area contributed by atoms with Crippen LogP contribution >= 0.6 is 0 Å². The van der Waals surface area contributed by atoms with Gasteiger partial charge in [-0.25, -0.2) is 4.79 Å². The monoisotopic (exact) mass is 485 g/mol. The molecule has 1 spiro atoms. The summed E-state index contributed by atoms with van der Waals surface area (Å²) in [5.74, 6) is 6.56. The molecule has 3 fully saturated rings. The number of benzene rings is 3. The summed E-state index contributed by atoms with van der Waals surface area (Å²) >= 11 is 0. The van der Waals surface area contributed by atoms with Gasteiger partial charge >= 0.3 is 6.03 Å². The van der Waals surface area contributed by atoms with Crippen molar-refractivity contribution in [2.24, 2.45) is 23.1 Å². The van der Waals surface area contributed by atoms with Crippen LogP contribution in [0.4, 0.5) is 10.5 Å². The van der Waals surface area contributed by atoms with E-state index in [2.05, 4.69) is 17.0 Å². The van der Waals surface area contributed by atoms with E-state index < -0.39 is 0 Å². The molecule has 1 heterocycles. The molecule has 6 rings (SSSR count). The molecule has 8 nitrogen and oxygen atoms in total. The number of phenols is 1. The first-order chi connectivity index (χ1) is 17.5. The van der Waals surface area contributed by atoms with Crippen LogP contribution in [-0.4, -0.2) is 41.6 Å². The van der Waals surface area contributed by atoms with Crippen molar-refractivity contribution in [3.05, 3.63) is 60.7 Å². The summed E-state index contributed by atoms with van der Waals surface area (Å²) in [5, 5.41) is 11.7. The molecule has 1 saturated heterocycles. The van der Waals surface area contributed by atoms with E-state index in [1.54, 1.807) is 17.0 Å². The minimum Gasteiger partial charge on any atom is -0.508 e. The molecule has 36 heavy (non-hydrogen) atoms. The molecule has 0 bridgehead atoms. The molecular formula is C28H31N5O3. The molecule has 2 aliphatic carbocycles. The second kappa shape index (κ2) is 8.80. The number of hydrogen-bond donors (Lipinski definition) is 4. The van der Waals surface area contributed by atoms with Gasteiger partial charge in [-0.3, -0.25) is 21.0 Å². The van der Waals surface area contributed by atoms with E-state index in [-0.39, 0.29) is 23.1 Å². The number of fused-ring (bicyclic) bond motifs is 1. The van der Waals surface area contributed by atoms with Gasteiger partial charge in [0, 0.05) is 31.2 Å². The highest BCUT2D eigenvalue weighted by Crippen LogP contribution is 2.59. The van der Waals surface area contributed by atoms with Crippen LogP contribution in [0.3, 0.4) is 0 Å². The Morgan fingerprint density at radius 1 is 1.03 bits per heavy atom. The van der Waals surface area contributed by atoms with Crippen LogP contribution in [0.25, 0.3) is 21.9 Å². The van der Waals surface area contributed by atoms with E-state index >= 15 is 0 Å². The van der Waals surface area contributed by atoms with Gasteiger partial charge in [0.2, 0.25) is 5.91 Å². The molecule has 3 aromatic rings. The number of hydrogen-bond acceptors (Lipinski definition) is 5. The number of amides is 3. The van der Waals surface area contributed by atoms with E-state index in [1.165, 1.54) is 0 Å². The number of phenolic OH excluding ortho intramolecular Hbond substituents is 1. The number of likely N-dealkylation sites (tertiary alicyclic amines) is 1. The Morgan fingerprint density at radius 2 is 1.75 bits per heavy atom. The first-order valence-electron chi connectivity index (χ1n) is 12.6. The lowest BCUT2D eigenvalue weighted by Crippen LogP contribution is -2.50. The highest BCUT2D eigenvalue weighted by atomic mass is 16.3. The predicted octanol–water partition coefficient (Wildman–Crippen LogP) is 3.76. The topological polar surface area (TPSA) is 111 Å². The largest absolute Gasteiger partial charge is 0.508 e. The molecule has 1 unspecified atom stereocenters. The third kappa shape index (κ3) is 4.27. The van der Waals surface area contributed by atoms with Gasteiger partial charge in [0.05, 0.1) is 0 Å². The zero-order valence-electron chi connectivity index (χ0n) is 20.1. The van der Waals surface area contributed by atoms with E-state index in [9.17, 15) is 14.7 Å². The third-order valence-electron chi connectivity index (χ3n) is 8.15. The fraction of sp³-hybridized carbons (Fsp3) is 0.357. The van der Waals surface area contributed by atoms with Gasteiger partial charge < -0.3 is 10.0 Å². The summed E-state index contributed by atoms with van der Waals surface area (Å²) in [4.78, 5) is 29.2. The predicted molar refractivity (Wildman–Crippen MR) is 139 cm³/mol. The first-order valence-corrected chi connectivity index (χ1v) is 12.6. The molecule has 186 valence electrons. The molecular weight excluding hydrogens is 454 g/mol. The van der Waals surface area contributed by atoms with Gasteiger partial charge in [-0.15, -0.1) is 0 Å². The number of nitrogens with one attached hydrogen (secondary N) is 2. The number of carbonyl (C=O) groups excluding carboxylic acids is 2. The lowest BCUT2D eigenvalue weighted by molar-refractivity contribution is -0.131. The van der Waals surface area contributed by atoms with Gasteiger partial charge in [-0.1, -0.05) is 30.3 Å². The van der Waals surface area contributed by atoms with Crippen LogP contribution < -0.4 is 21.7 Å². The van der Waals surface area contributed by atoms with Gasteiger partial charge in [0.1, 0.15) is 5.75 Å². The zero-order chi connectivity index (χ0) is 24.9. The summed E-state index contributed by atoms with van der Waals surface area (Å²) in [6.45, 7) is 2.23. The van der Waals surface area contributed by atoms with Gasteiger partial charge in [0.15, 0.2) is 0 Å². The fourth-order valence-corrected chi connectivity index (χ4v) is 5.76. The summed E-state index contributed by atoms with van der Waals surface area (Å²) in [7, 11) is 0. The summed E-state index contributed by atoms with van der Waals surface area (Å²) in [5.41, 5.74) is 7.80. The van der Waals surface area contributed by atoms with Gasteiger partial charge in [0.25, 0.3) is 0 Å². The van der Waals surface area contributed by atoms with Crippen molar-refractivity contribution in [3.8, 4) is 16.9 Å². The second-order valence-electron chi connectivity index (χ2n) is 10.5. The highest BCUT2D eigenvalue weighted by molar-refractivity contribution is 5.92. The van der Waals surface area contributed by atoms with Crippen molar-refractivity contribution in [3.63, 3.8) is 0 Å². The number of nitrogens with two attached hydrogens (primary N) is 1. The molecule has 3 aliphatic rings. The van der Waals surface area contributed by atoms with Crippen LogP contribution in [0.5, 0.6) is 5.75 Å². The fourth-order valence-electron chi connectivity index (χ4n) is 5.76. The first kappa shape index (κ1) is 22.8. The van der Waals surface area contributed by atoms with E-state index in [4.69, 9.17) is 5.84 Å². The van der Waals surface area contributed by atoms with E-state index in [1.807, 2.05) is 47.4 Å². The minimum atomic E-state index is -0.304. The lowest BCUT2D eigenvalue weighted by Gasteiger charge is -2.24. The number of anilines is 1. The van der Waals surface area contributed by atoms with Crippen molar-refractivity contribution in [2.45, 2.75) is 25.7 Å². The maximum Gasteiger partial charge on any atom is 0.337 e. The Labute approximate surface area is 210 Å². The summed E-state index contributed by atoms with van der Waals surface area (Å²) in [6, 6.07) is 19.1. The van der Waals surface area contributed by atoms with Crippen LogP contribution in [0.1, 0.15) is 25.7 Å². The standard InChI is InChI=1S/C28H31N5O3/c29-31-30-27(36)33(16-23-15-28(23)11-12-32(17-28)26(35)19-1-2-19)24-8-5-18(6-9-24)20-3-4-22-14-25(34)10-7-21(22)13-20/h3-10,13-14,19,23,31,34H,1-2,11-12,15-17,29H2,(H,30,36)/t23?,28-/m0/s1. The maximum atomic E-state index is 12.9. The van der Waals surface area contributed by atoms with Crippen LogP contribution in [-0.2, 0) is 4.79 Å². The van der Waals surface area contributed by atoms with Crippen LogP contribution in [0.15, 0.2) is 60.7 Å². The molecule has 3 aromatic carbocycles. The molecule has 0 aromatic heterocycles. The van der Waals surface area contributed by atoms with Crippen molar-refractivity contribution in [1.29, 1.82) is 0 Å². The van der Waals surface area contributed by atoms with Gasteiger partial charge in [-0.05, 0) is 89.2 Å². The average Bonchev–Trinajstić information content (AvgIpc) is 3.79. The molecule has 2 saturated carbocycles. The second-order valence-corrected chi connectivity index (χ2v) is 10.5. The molecule has 3 amide bonds. The number of urea groups is 1. The third-order valence-corrected chi connectivity index (χ3v) is 8.15. The number of rotatable bonds is 6. The molecule has 8 heteroatoms. The quantitative estimate of drug-likeness (QED) is 0.314. The Kier molecular flexibility index (Phi) is 5.58. The van der Waals surface area contributed by atoms with Gasteiger partial charge in [-0.2, -0.15) is 5.53 Å². The molecule has 5 N–H and O–H groups in total. The zero-order valence-corrected chi connectivity index (χ0v) is 20.1. The SMILES string of the molecule is NNNC(=O)N(CC1C[C@]12CCN(C(=O)C1CC1)C2)c1ccc(-c2ccc3cc(O)ccc3c2)cc1. The van der Waals surface area contributed by atoms with E-state index in [0.29, 0.717) is 18.4 Å². The van der Waals surface area contributed by atoms with Crippen molar-refractivity contribution in [2.75, 3.05) is 24.5 Å². The van der Waals surface area contributed by atoms with Crippen molar-refractivity contribution < 1.29 is 14.7 Å². The highest BCUT2D eigenvalue weighted by Gasteiger charge is 2.59. The molecule has 1 aliphatic heterocycles. The van der Waals surface area contributed by atoms with Crippen LogP contribution in [0.2, 0.25) is 0 Å². The Hall–Kier alpha value is -3.62. The van der Waals surface area contributed by atoms with Crippen molar-refractivity contribution >= 4 is 28.4 Å². The summed E-state index contributed by atoms with van der Waals surface area (Å²) in [6.07, 6.45) is 4.11. The Balaban J connectivity index is 1.18. The van der Waals surface area contributed by atoms with E-state index in [0.717, 1.165) is 66.4 Å². The molecule has 2 atom stereocenters. The normalized spacial score (nSPS) is 22.7. The number of hydrazine groups is 2. The Morgan fingerprint density at radius 3 is 2.50 bits per heavy atom. The Bertz CT molecular complexity index is 1320. The number of carbonyl (C=O) groups is 2. The lowest BCUT2D eigenvalue weighted by atomic mass is 10.0. The molecule has 0 radical (unpaired) electrons. The van der Waals surface area contributed by atoms with Crippen molar-refractivity contribution in [1.82, 2.24) is 15.9 Å². The number of aromatic hydroxyl groups is 1. The average molecular weight is 486 g/mol. The maximum absolute atomic E-state index is 12.9. The smallest absolute Gasteiger partial charge is 0.337 e. The number of nitrogens with zero attached hydrogens (tertiary/aromatic N) is 2. The minimum absolute atomic E-state index is 0.138. The summed E-state index contributed by atoms with van der Waals surface area (Å²) < 4.78 is 0.